The van der Waals surface area contributed by atoms with Crippen LogP contribution in [0, 0.1) is 5.82 Å². The molecule has 0 atom stereocenters. The van der Waals surface area contributed by atoms with Gasteiger partial charge in [-0.2, -0.15) is 5.10 Å². The molecule has 3 aromatic heterocycles. The van der Waals surface area contributed by atoms with Gasteiger partial charge in [0, 0.05) is 53.9 Å². The Morgan fingerprint density at radius 1 is 1.03 bits per heavy atom. The first-order valence-corrected chi connectivity index (χ1v) is 10.9. The highest BCUT2D eigenvalue weighted by atomic mass is 19.1. The van der Waals surface area contributed by atoms with Crippen LogP contribution in [0.5, 0.6) is 0 Å². The van der Waals surface area contributed by atoms with Gasteiger partial charge in [-0.1, -0.05) is 30.3 Å². The Bertz CT molecular complexity index is 1460. The van der Waals surface area contributed by atoms with Gasteiger partial charge in [0.25, 0.3) is 0 Å². The number of carbonyl (C=O) groups is 1. The predicted molar refractivity (Wildman–Crippen MR) is 132 cm³/mol. The van der Waals surface area contributed by atoms with E-state index in [0.717, 1.165) is 16.7 Å². The van der Waals surface area contributed by atoms with Crippen LogP contribution in [0.25, 0.3) is 23.0 Å². The van der Waals surface area contributed by atoms with E-state index < -0.39 is 5.82 Å². The van der Waals surface area contributed by atoms with Gasteiger partial charge in [-0.05, 0) is 42.0 Å². The van der Waals surface area contributed by atoms with Gasteiger partial charge >= 0.3 is 0 Å². The predicted octanol–water partition coefficient (Wildman–Crippen LogP) is 4.97. The Morgan fingerprint density at radius 2 is 1.91 bits per heavy atom. The number of halogens is 1. The molecule has 172 valence electrons. The summed E-state index contributed by atoms with van der Waals surface area (Å²) in [6.45, 7) is 0.594. The van der Waals surface area contributed by atoms with Gasteiger partial charge in [0.2, 0.25) is 5.91 Å². The molecule has 1 amide bonds. The van der Waals surface area contributed by atoms with E-state index in [2.05, 4.69) is 15.3 Å². The van der Waals surface area contributed by atoms with Crippen molar-refractivity contribution in [3.63, 3.8) is 0 Å². The van der Waals surface area contributed by atoms with Crippen molar-refractivity contribution in [1.82, 2.24) is 24.3 Å². The van der Waals surface area contributed by atoms with Crippen LogP contribution in [0.3, 0.4) is 0 Å². The Labute approximate surface area is 201 Å². The molecular formula is C27H21FN6O. The smallest absolute Gasteiger partial charge is 0.248 e. The normalized spacial score (nSPS) is 11.1. The first kappa shape index (κ1) is 22.0. The van der Waals surface area contributed by atoms with Crippen molar-refractivity contribution in [3.05, 3.63) is 121 Å². The third-order valence-corrected chi connectivity index (χ3v) is 5.32. The van der Waals surface area contributed by atoms with Crippen LogP contribution in [0.1, 0.15) is 11.1 Å². The summed E-state index contributed by atoms with van der Waals surface area (Å²) >= 11 is 0. The molecule has 0 aliphatic rings. The summed E-state index contributed by atoms with van der Waals surface area (Å²) in [6.07, 6.45) is 13.2. The lowest BCUT2D eigenvalue weighted by Gasteiger charge is -2.07. The number of benzene rings is 2. The molecule has 0 unspecified atom stereocenters. The third-order valence-electron chi connectivity index (χ3n) is 5.32. The fraction of sp³-hybridized carbons (Fsp3) is 0.0370. The molecule has 0 aliphatic carbocycles. The zero-order chi connectivity index (χ0) is 24.0. The highest BCUT2D eigenvalue weighted by molar-refractivity contribution is 6.02. The number of pyridine rings is 1. The van der Waals surface area contributed by atoms with E-state index in [0.29, 0.717) is 23.6 Å². The van der Waals surface area contributed by atoms with E-state index in [4.69, 9.17) is 5.10 Å². The van der Waals surface area contributed by atoms with Crippen molar-refractivity contribution < 1.29 is 9.18 Å². The lowest BCUT2D eigenvalue weighted by atomic mass is 10.1. The molecule has 0 radical (unpaired) electrons. The zero-order valence-corrected chi connectivity index (χ0v) is 18.6. The van der Waals surface area contributed by atoms with E-state index >= 15 is 0 Å². The lowest BCUT2D eigenvalue weighted by molar-refractivity contribution is -0.111. The van der Waals surface area contributed by atoms with Crippen LogP contribution in [0.2, 0.25) is 0 Å². The van der Waals surface area contributed by atoms with Crippen molar-refractivity contribution in [2.75, 3.05) is 5.32 Å². The summed E-state index contributed by atoms with van der Waals surface area (Å²) < 4.78 is 17.9. The highest BCUT2D eigenvalue weighted by Gasteiger charge is 2.11. The number of hydrogen-bond donors (Lipinski definition) is 1. The molecule has 0 bridgehead atoms. The average molecular weight is 465 g/mol. The number of nitrogens with one attached hydrogen (secondary N) is 1. The first-order valence-electron chi connectivity index (χ1n) is 10.9. The van der Waals surface area contributed by atoms with E-state index in [1.54, 1.807) is 47.6 Å². The fourth-order valence-corrected chi connectivity index (χ4v) is 3.68. The number of carbonyl (C=O) groups excluding carboxylic acids is 1. The standard InChI is InChI=1S/C27H21FN6O/c28-24-15-23(9-10-25(24)33-14-13-30-19-33)31-26(35)11-8-22-18-34(17-20-5-2-1-3-6-20)32-27(22)21-7-4-12-29-16-21/h1-16,18-19H,17H2,(H,31,35). The molecule has 5 aromatic rings. The second-order valence-corrected chi connectivity index (χ2v) is 7.82. The van der Waals surface area contributed by atoms with E-state index in [1.165, 1.54) is 18.5 Å². The molecule has 35 heavy (non-hydrogen) atoms. The number of aromatic nitrogens is 5. The first-order chi connectivity index (χ1) is 17.2. The Morgan fingerprint density at radius 3 is 2.66 bits per heavy atom. The number of rotatable bonds is 7. The maximum absolute atomic E-state index is 14.5. The number of nitrogens with zero attached hydrogens (tertiary/aromatic N) is 5. The van der Waals surface area contributed by atoms with Crippen molar-refractivity contribution >= 4 is 17.7 Å². The van der Waals surface area contributed by atoms with Crippen molar-refractivity contribution in [2.45, 2.75) is 6.54 Å². The summed E-state index contributed by atoms with van der Waals surface area (Å²) in [5, 5.41) is 7.42. The monoisotopic (exact) mass is 464 g/mol. The quantitative estimate of drug-likeness (QED) is 0.345. The number of anilines is 1. The van der Waals surface area contributed by atoms with Gasteiger partial charge in [0.05, 0.1) is 18.6 Å². The van der Waals surface area contributed by atoms with Crippen LogP contribution >= 0.6 is 0 Å². The lowest BCUT2D eigenvalue weighted by Crippen LogP contribution is -2.08. The molecule has 5 rings (SSSR count). The van der Waals surface area contributed by atoms with Crippen LogP contribution < -0.4 is 5.32 Å². The van der Waals surface area contributed by atoms with Crippen molar-refractivity contribution in [1.29, 1.82) is 0 Å². The summed E-state index contributed by atoms with van der Waals surface area (Å²) in [7, 11) is 0. The Balaban J connectivity index is 1.35. The van der Waals surface area contributed by atoms with Crippen LogP contribution in [0.4, 0.5) is 10.1 Å². The van der Waals surface area contributed by atoms with Crippen molar-refractivity contribution in [3.8, 4) is 16.9 Å². The fourth-order valence-electron chi connectivity index (χ4n) is 3.68. The van der Waals surface area contributed by atoms with Gasteiger partial charge in [-0.3, -0.25) is 14.5 Å². The van der Waals surface area contributed by atoms with E-state index in [-0.39, 0.29) is 5.91 Å². The second kappa shape index (κ2) is 9.96. The summed E-state index contributed by atoms with van der Waals surface area (Å²) in [5.41, 5.74) is 4.15. The van der Waals surface area contributed by atoms with Crippen LogP contribution in [0.15, 0.2) is 104 Å². The molecule has 0 spiro atoms. The molecule has 0 saturated carbocycles. The van der Waals surface area contributed by atoms with Crippen LogP contribution in [-0.2, 0) is 11.3 Å². The Hall–Kier alpha value is -4.85. The summed E-state index contributed by atoms with van der Waals surface area (Å²) in [6, 6.07) is 18.3. The molecule has 2 aromatic carbocycles. The molecule has 7 nitrogen and oxygen atoms in total. The minimum atomic E-state index is -0.467. The largest absolute Gasteiger partial charge is 0.322 e. The maximum atomic E-state index is 14.5. The second-order valence-electron chi connectivity index (χ2n) is 7.82. The zero-order valence-electron chi connectivity index (χ0n) is 18.6. The summed E-state index contributed by atoms with van der Waals surface area (Å²) in [4.78, 5) is 20.7. The third kappa shape index (κ3) is 5.22. The highest BCUT2D eigenvalue weighted by Crippen LogP contribution is 2.23. The van der Waals surface area contributed by atoms with Gasteiger partial charge in [-0.25, -0.2) is 9.37 Å². The topological polar surface area (TPSA) is 77.6 Å². The summed E-state index contributed by atoms with van der Waals surface area (Å²) in [5.74, 6) is -0.849. The average Bonchev–Trinajstić information content (AvgIpc) is 3.54. The van der Waals surface area contributed by atoms with E-state index in [1.807, 2.05) is 53.3 Å². The Kier molecular flexibility index (Phi) is 6.25. The van der Waals surface area contributed by atoms with Crippen molar-refractivity contribution in [2.24, 2.45) is 0 Å². The number of hydrogen-bond acceptors (Lipinski definition) is 4. The van der Waals surface area contributed by atoms with Gasteiger partial charge in [0.15, 0.2) is 0 Å². The maximum Gasteiger partial charge on any atom is 0.248 e. The minimum Gasteiger partial charge on any atom is -0.322 e. The molecule has 0 fully saturated rings. The molecule has 8 heteroatoms. The number of amides is 1. The molecule has 3 heterocycles. The van der Waals surface area contributed by atoms with Crippen LogP contribution in [-0.4, -0.2) is 30.2 Å². The SMILES string of the molecule is O=C(C=Cc1cn(Cc2ccccc2)nc1-c1cccnc1)Nc1ccc(-n2ccnc2)c(F)c1. The molecule has 0 aliphatic heterocycles. The van der Waals surface area contributed by atoms with E-state index in [9.17, 15) is 9.18 Å². The minimum absolute atomic E-state index is 0.350. The van der Waals surface area contributed by atoms with Gasteiger partial charge in [-0.15, -0.1) is 0 Å². The molecular weight excluding hydrogens is 443 g/mol. The number of imidazole rings is 1. The molecule has 1 N–H and O–H groups in total. The molecule has 0 saturated heterocycles. The van der Waals surface area contributed by atoms with Gasteiger partial charge < -0.3 is 9.88 Å². The van der Waals surface area contributed by atoms with Gasteiger partial charge in [0.1, 0.15) is 11.5 Å².